The molecule has 0 saturated carbocycles. The van der Waals surface area contributed by atoms with Crippen molar-refractivity contribution in [2.45, 2.75) is 17.5 Å². The number of carbonyl (C=O) groups is 1. The van der Waals surface area contributed by atoms with Gasteiger partial charge in [-0.25, -0.2) is 9.78 Å². The maximum absolute atomic E-state index is 10.6. The van der Waals surface area contributed by atoms with Crippen LogP contribution in [0.2, 0.25) is 20.1 Å². The van der Waals surface area contributed by atoms with Crippen LogP contribution in [0.5, 0.6) is 5.75 Å². The molecule has 0 radical (unpaired) electrons. The highest BCUT2D eigenvalue weighted by molar-refractivity contribution is 7.85. The zero-order valence-corrected chi connectivity index (χ0v) is 23.5. The van der Waals surface area contributed by atoms with E-state index in [4.69, 9.17) is 65.9 Å². The molecule has 4 aromatic rings. The third-order valence-electron chi connectivity index (χ3n) is 5.18. The Morgan fingerprint density at radius 3 is 2.00 bits per heavy atom. The molecule has 0 aliphatic heterocycles. The molecule has 0 amide bonds. The minimum absolute atomic E-state index is 0.432. The highest BCUT2D eigenvalue weighted by Crippen LogP contribution is 2.37. The lowest BCUT2D eigenvalue weighted by molar-refractivity contribution is 0.0693. The molecule has 3 aromatic carbocycles. The Hall–Kier alpha value is -2.83. The van der Waals surface area contributed by atoms with E-state index in [1.54, 1.807) is 36.8 Å². The second-order valence-corrected chi connectivity index (χ2v) is 11.0. The van der Waals surface area contributed by atoms with Crippen molar-refractivity contribution < 1.29 is 32.7 Å². The number of phenols is 1. The van der Waals surface area contributed by atoms with Crippen molar-refractivity contribution in [2.75, 3.05) is 6.61 Å². The first kappa shape index (κ1) is 30.7. The van der Waals surface area contributed by atoms with Crippen molar-refractivity contribution in [3.05, 3.63) is 110 Å². The van der Waals surface area contributed by atoms with Gasteiger partial charge in [0.25, 0.3) is 10.1 Å². The predicted octanol–water partition coefficient (Wildman–Crippen LogP) is 6.64. The monoisotopic (exact) mass is 632 g/mol. The fourth-order valence-corrected chi connectivity index (χ4v) is 4.84. The lowest BCUT2D eigenvalue weighted by atomic mass is 10.0. The largest absolute Gasteiger partial charge is 0.507 e. The highest BCUT2D eigenvalue weighted by Gasteiger charge is 2.21. The van der Waals surface area contributed by atoms with Gasteiger partial charge in [0.1, 0.15) is 17.4 Å². The number of hydrogen-bond donors (Lipinski definition) is 3. The fourth-order valence-electron chi connectivity index (χ4n) is 3.32. The Morgan fingerprint density at radius 1 is 0.949 bits per heavy atom. The van der Waals surface area contributed by atoms with Crippen molar-refractivity contribution in [1.82, 2.24) is 9.55 Å². The van der Waals surface area contributed by atoms with Crippen LogP contribution in [0.3, 0.4) is 0 Å². The molecular formula is C25H20Cl4N2O7S. The molecule has 0 spiro atoms. The van der Waals surface area contributed by atoms with E-state index in [-0.39, 0.29) is 0 Å². The number of carboxylic acids is 1. The van der Waals surface area contributed by atoms with Gasteiger partial charge < -0.3 is 19.5 Å². The highest BCUT2D eigenvalue weighted by atomic mass is 35.5. The maximum atomic E-state index is 10.6. The van der Waals surface area contributed by atoms with Crippen molar-refractivity contribution in [2.24, 2.45) is 0 Å². The zero-order chi connectivity index (χ0) is 28.7. The summed E-state index contributed by atoms with van der Waals surface area (Å²) in [7, 11) is -4.45. The average molecular weight is 634 g/mol. The molecule has 4 rings (SSSR count). The van der Waals surface area contributed by atoms with E-state index in [1.165, 1.54) is 0 Å². The smallest absolute Gasteiger partial charge is 0.339 e. The van der Waals surface area contributed by atoms with Gasteiger partial charge in [-0.2, -0.15) is 8.42 Å². The van der Waals surface area contributed by atoms with E-state index in [1.807, 2.05) is 22.9 Å². The third-order valence-corrected chi connectivity index (χ3v) is 7.15. The summed E-state index contributed by atoms with van der Waals surface area (Å²) in [6.45, 7) is 1.12. The molecule has 0 fully saturated rings. The number of nitrogens with zero attached hydrogens (tertiary/aromatic N) is 2. The van der Waals surface area contributed by atoms with Crippen LogP contribution in [0, 0.1) is 0 Å². The number of aromatic nitrogens is 2. The molecule has 1 aromatic heterocycles. The van der Waals surface area contributed by atoms with Gasteiger partial charge in [0.15, 0.2) is 0 Å². The molecule has 1 heterocycles. The van der Waals surface area contributed by atoms with E-state index in [0.29, 0.717) is 39.3 Å². The number of ether oxygens (including phenoxy) is 1. The van der Waals surface area contributed by atoms with Gasteiger partial charge in [0, 0.05) is 50.2 Å². The molecular weight excluding hydrogens is 614 g/mol. The molecule has 0 unspecified atom stereocenters. The Morgan fingerprint density at radius 2 is 1.54 bits per heavy atom. The fraction of sp³-hybridized carbons (Fsp3) is 0.120. The molecule has 0 saturated heterocycles. The number of aromatic carboxylic acids is 1. The van der Waals surface area contributed by atoms with Crippen LogP contribution in [0.15, 0.2) is 78.2 Å². The first-order chi connectivity index (χ1) is 18.4. The van der Waals surface area contributed by atoms with Crippen molar-refractivity contribution >= 4 is 62.5 Å². The number of benzene rings is 3. The van der Waals surface area contributed by atoms with Crippen LogP contribution >= 0.6 is 46.4 Å². The summed E-state index contributed by atoms with van der Waals surface area (Å²) < 4.78 is 37.8. The maximum Gasteiger partial charge on any atom is 0.339 e. The quantitative estimate of drug-likeness (QED) is 0.184. The molecule has 0 aliphatic carbocycles. The minimum atomic E-state index is -4.45. The number of carboxylic acid groups (broad SMARTS) is 1. The Bertz CT molecular complexity index is 1510. The predicted molar refractivity (Wildman–Crippen MR) is 148 cm³/mol. The number of rotatable bonds is 8. The van der Waals surface area contributed by atoms with Crippen LogP contribution in [0.25, 0.3) is 0 Å². The topological polar surface area (TPSA) is 139 Å². The average Bonchev–Trinajstić information content (AvgIpc) is 3.36. The summed E-state index contributed by atoms with van der Waals surface area (Å²) in [4.78, 5) is 13.9. The molecule has 0 bridgehead atoms. The van der Waals surface area contributed by atoms with Crippen LogP contribution in [0.1, 0.15) is 27.6 Å². The minimum Gasteiger partial charge on any atom is -0.507 e. The molecule has 39 heavy (non-hydrogen) atoms. The van der Waals surface area contributed by atoms with Crippen molar-refractivity contribution in [1.29, 1.82) is 0 Å². The van der Waals surface area contributed by atoms with E-state index in [9.17, 15) is 13.2 Å². The Labute approximate surface area is 243 Å². The van der Waals surface area contributed by atoms with Crippen LogP contribution in [-0.2, 0) is 21.4 Å². The number of halogens is 4. The number of hydrogen-bond acceptors (Lipinski definition) is 6. The molecule has 3 N–H and O–H groups in total. The van der Waals surface area contributed by atoms with E-state index in [2.05, 4.69) is 4.98 Å². The van der Waals surface area contributed by atoms with Gasteiger partial charge in [-0.1, -0.05) is 58.5 Å². The zero-order valence-electron chi connectivity index (χ0n) is 19.7. The summed E-state index contributed by atoms with van der Waals surface area (Å²) in [5, 5.41) is 19.7. The first-order valence-electron chi connectivity index (χ1n) is 10.9. The van der Waals surface area contributed by atoms with Gasteiger partial charge in [0.05, 0.1) is 17.8 Å². The lowest BCUT2D eigenvalue weighted by Crippen LogP contribution is -2.12. The summed E-state index contributed by atoms with van der Waals surface area (Å²) in [5.74, 6) is -2.04. The summed E-state index contributed by atoms with van der Waals surface area (Å²) >= 11 is 24.8. The van der Waals surface area contributed by atoms with Gasteiger partial charge >= 0.3 is 5.97 Å². The van der Waals surface area contributed by atoms with Gasteiger partial charge in [0.2, 0.25) is 0 Å². The van der Waals surface area contributed by atoms with Crippen LogP contribution in [0.4, 0.5) is 0 Å². The summed E-state index contributed by atoms with van der Waals surface area (Å²) in [6.07, 6.45) is 4.91. The lowest BCUT2D eigenvalue weighted by Gasteiger charge is -2.21. The van der Waals surface area contributed by atoms with E-state index < -0.39 is 38.4 Å². The summed E-state index contributed by atoms with van der Waals surface area (Å²) in [6, 6.07) is 13.1. The third kappa shape index (κ3) is 8.58. The van der Waals surface area contributed by atoms with Crippen molar-refractivity contribution in [3.8, 4) is 5.75 Å². The molecule has 0 aliphatic rings. The van der Waals surface area contributed by atoms with Gasteiger partial charge in [-0.3, -0.25) is 4.55 Å². The number of aromatic hydroxyl groups is 1. The molecule has 0 atom stereocenters. The Kier molecular flexibility index (Phi) is 10.6. The summed E-state index contributed by atoms with van der Waals surface area (Å²) in [5.41, 5.74) is 1.00. The van der Waals surface area contributed by atoms with Gasteiger partial charge in [-0.05, 0) is 42.5 Å². The van der Waals surface area contributed by atoms with Gasteiger partial charge in [-0.15, -0.1) is 0 Å². The normalized spacial score (nSPS) is 11.2. The van der Waals surface area contributed by atoms with Crippen LogP contribution < -0.4 is 0 Å². The second-order valence-electron chi connectivity index (χ2n) is 7.84. The van der Waals surface area contributed by atoms with E-state index >= 15 is 0 Å². The second kappa shape index (κ2) is 13.5. The molecule has 9 nitrogen and oxygen atoms in total. The molecule has 206 valence electrons. The Balaban J connectivity index is 0.000000255. The van der Waals surface area contributed by atoms with E-state index in [0.717, 1.165) is 23.3 Å². The van der Waals surface area contributed by atoms with Crippen LogP contribution in [-0.4, -0.2) is 45.3 Å². The first-order valence-corrected chi connectivity index (χ1v) is 13.8. The number of imidazole rings is 1. The SMILES string of the molecule is Clc1ccc(C(OCCn2ccnc2)c2ccc(Cl)cc2Cl)c(Cl)c1.O=C(O)c1cc(S(=O)(=O)O)ccc1O. The van der Waals surface area contributed by atoms with Crippen molar-refractivity contribution in [3.63, 3.8) is 0 Å². The molecule has 14 heteroatoms. The standard InChI is InChI=1S/C18H14Cl4N2O.C7H6O6S/c19-12-1-3-14(16(21)9-12)18(15-4-2-13(20)10-17(15)22)25-8-7-24-6-5-23-11-24;8-6-2-1-4(14(11,12)13)3-5(6)7(9)10/h1-6,9-11,18H,7-8H2;1-3,8H,(H,9,10)(H,11,12,13).